The van der Waals surface area contributed by atoms with Crippen LogP contribution in [0.4, 0.5) is 20.4 Å². The molecule has 2 rings (SSSR count). The van der Waals surface area contributed by atoms with Gasteiger partial charge in [0.15, 0.2) is 0 Å². The number of benzene rings is 1. The van der Waals surface area contributed by atoms with Crippen molar-refractivity contribution >= 4 is 23.2 Å². The molecule has 0 atom stereocenters. The lowest BCUT2D eigenvalue weighted by Crippen LogP contribution is -2.07. The van der Waals surface area contributed by atoms with Crippen molar-refractivity contribution in [2.45, 2.75) is 13.5 Å². The van der Waals surface area contributed by atoms with Gasteiger partial charge in [-0.05, 0) is 30.7 Å². The van der Waals surface area contributed by atoms with Crippen molar-refractivity contribution in [2.75, 3.05) is 11.9 Å². The van der Waals surface area contributed by atoms with E-state index in [0.717, 1.165) is 0 Å². The summed E-state index contributed by atoms with van der Waals surface area (Å²) in [7, 11) is 0. The molecule has 21 heavy (non-hydrogen) atoms. The molecule has 0 aliphatic rings. The first-order valence-corrected chi connectivity index (χ1v) is 6.31. The fourth-order valence-corrected chi connectivity index (χ4v) is 1.62. The highest BCUT2D eigenvalue weighted by Crippen LogP contribution is 2.28. The predicted octanol–water partition coefficient (Wildman–Crippen LogP) is 3.27. The van der Waals surface area contributed by atoms with Crippen molar-refractivity contribution < 1.29 is 18.3 Å². The van der Waals surface area contributed by atoms with Crippen molar-refractivity contribution in [3.8, 4) is 11.8 Å². The Kier molecular flexibility index (Phi) is 5.04. The maximum Gasteiger partial charge on any atom is 0.387 e. The van der Waals surface area contributed by atoms with E-state index in [-0.39, 0.29) is 28.7 Å². The molecule has 0 bridgehead atoms. The molecule has 0 spiro atoms. The van der Waals surface area contributed by atoms with Crippen LogP contribution >= 0.6 is 11.6 Å². The maximum absolute atomic E-state index is 12.3. The summed E-state index contributed by atoms with van der Waals surface area (Å²) in [5, 5.41) is 2.65. The number of halogens is 3. The standard InChI is InChI=1S/C12H11ClF2N4O2/c1-2-20-12-18-9(13)17-11(19-12)16-7-5-3-4-6-8(7)21-10(14)15/h3-6,10H,2H2,1H3,(H,16,17,18,19). The molecule has 0 saturated carbocycles. The minimum Gasteiger partial charge on any atom is -0.464 e. The van der Waals surface area contributed by atoms with Gasteiger partial charge in [0, 0.05) is 0 Å². The van der Waals surface area contributed by atoms with E-state index in [9.17, 15) is 8.78 Å². The molecular formula is C12H11ClF2N4O2. The van der Waals surface area contributed by atoms with Gasteiger partial charge in [-0.15, -0.1) is 0 Å². The molecule has 112 valence electrons. The lowest BCUT2D eigenvalue weighted by Gasteiger charge is -2.11. The molecular weight excluding hydrogens is 306 g/mol. The quantitative estimate of drug-likeness (QED) is 0.882. The van der Waals surface area contributed by atoms with Crippen LogP contribution in [0.5, 0.6) is 11.8 Å². The highest BCUT2D eigenvalue weighted by Gasteiger charge is 2.12. The lowest BCUT2D eigenvalue weighted by molar-refractivity contribution is -0.0493. The van der Waals surface area contributed by atoms with E-state index in [2.05, 4.69) is 25.0 Å². The first-order valence-electron chi connectivity index (χ1n) is 5.93. The lowest BCUT2D eigenvalue weighted by atomic mass is 10.3. The maximum atomic E-state index is 12.3. The summed E-state index contributed by atoms with van der Waals surface area (Å²) in [4.78, 5) is 11.6. The van der Waals surface area contributed by atoms with Crippen LogP contribution in [-0.4, -0.2) is 28.2 Å². The highest BCUT2D eigenvalue weighted by atomic mass is 35.5. The van der Waals surface area contributed by atoms with E-state index in [1.54, 1.807) is 19.1 Å². The third-order valence-corrected chi connectivity index (χ3v) is 2.38. The topological polar surface area (TPSA) is 69.2 Å². The largest absolute Gasteiger partial charge is 0.464 e. The van der Waals surface area contributed by atoms with Crippen molar-refractivity contribution in [3.05, 3.63) is 29.5 Å². The van der Waals surface area contributed by atoms with Crippen molar-refractivity contribution in [1.29, 1.82) is 0 Å². The summed E-state index contributed by atoms with van der Waals surface area (Å²) in [6, 6.07) is 6.17. The third kappa shape index (κ3) is 4.38. The van der Waals surface area contributed by atoms with Crippen LogP contribution in [0.2, 0.25) is 5.28 Å². The minimum absolute atomic E-state index is 0.0345. The molecule has 0 unspecified atom stereocenters. The van der Waals surface area contributed by atoms with Crippen LogP contribution in [0, 0.1) is 0 Å². The summed E-state index contributed by atoms with van der Waals surface area (Å²) >= 11 is 5.74. The van der Waals surface area contributed by atoms with Gasteiger partial charge in [-0.1, -0.05) is 12.1 Å². The zero-order chi connectivity index (χ0) is 15.2. The van der Waals surface area contributed by atoms with Gasteiger partial charge in [0.2, 0.25) is 11.2 Å². The first kappa shape index (κ1) is 15.2. The monoisotopic (exact) mass is 316 g/mol. The predicted molar refractivity (Wildman–Crippen MR) is 72.4 cm³/mol. The number of aromatic nitrogens is 3. The fraction of sp³-hybridized carbons (Fsp3) is 0.250. The summed E-state index contributed by atoms with van der Waals surface area (Å²) < 4.78 is 34.2. The Morgan fingerprint density at radius 2 is 2.00 bits per heavy atom. The Morgan fingerprint density at radius 1 is 1.24 bits per heavy atom. The molecule has 0 aliphatic heterocycles. The van der Waals surface area contributed by atoms with Gasteiger partial charge in [0.05, 0.1) is 12.3 Å². The molecule has 1 heterocycles. The smallest absolute Gasteiger partial charge is 0.387 e. The minimum atomic E-state index is -2.94. The Balaban J connectivity index is 2.25. The summed E-state index contributed by atoms with van der Waals surface area (Å²) in [5.41, 5.74) is 0.266. The second-order valence-electron chi connectivity index (χ2n) is 3.64. The molecule has 0 radical (unpaired) electrons. The SMILES string of the molecule is CCOc1nc(Cl)nc(Nc2ccccc2OC(F)F)n1. The van der Waals surface area contributed by atoms with Crippen LogP contribution in [0.3, 0.4) is 0 Å². The number of para-hydroxylation sites is 2. The van der Waals surface area contributed by atoms with Crippen LogP contribution in [0.15, 0.2) is 24.3 Å². The molecule has 1 aromatic carbocycles. The first-order chi connectivity index (χ1) is 10.1. The Bertz CT molecular complexity index is 616. The van der Waals surface area contributed by atoms with Gasteiger partial charge >= 0.3 is 12.6 Å². The Morgan fingerprint density at radius 3 is 2.71 bits per heavy atom. The molecule has 0 aliphatic carbocycles. The number of hydrogen-bond donors (Lipinski definition) is 1. The highest BCUT2D eigenvalue weighted by molar-refractivity contribution is 6.28. The van der Waals surface area contributed by atoms with Gasteiger partial charge in [0.25, 0.3) is 0 Å². The molecule has 0 amide bonds. The summed E-state index contributed by atoms with van der Waals surface area (Å²) in [6.07, 6.45) is 0. The Hall–Kier alpha value is -2.22. The van der Waals surface area contributed by atoms with Crippen LogP contribution in [0.1, 0.15) is 6.92 Å². The van der Waals surface area contributed by atoms with E-state index in [0.29, 0.717) is 6.61 Å². The van der Waals surface area contributed by atoms with Crippen molar-refractivity contribution in [1.82, 2.24) is 15.0 Å². The van der Waals surface area contributed by atoms with Gasteiger partial charge in [-0.25, -0.2) is 0 Å². The van der Waals surface area contributed by atoms with E-state index < -0.39 is 6.61 Å². The fourth-order valence-electron chi connectivity index (χ4n) is 1.47. The molecule has 0 fully saturated rings. The van der Waals surface area contributed by atoms with Gasteiger partial charge in [0.1, 0.15) is 5.75 Å². The second kappa shape index (κ2) is 6.98. The molecule has 1 N–H and O–H groups in total. The van der Waals surface area contributed by atoms with E-state index in [4.69, 9.17) is 16.3 Å². The number of anilines is 2. The summed E-state index contributed by atoms with van der Waals surface area (Å²) in [5.74, 6) is 0.0192. The number of ether oxygens (including phenoxy) is 2. The zero-order valence-electron chi connectivity index (χ0n) is 10.9. The zero-order valence-corrected chi connectivity index (χ0v) is 11.6. The average molecular weight is 317 g/mol. The van der Waals surface area contributed by atoms with Crippen LogP contribution in [-0.2, 0) is 0 Å². The van der Waals surface area contributed by atoms with Gasteiger partial charge in [-0.3, -0.25) is 0 Å². The number of nitrogens with zero attached hydrogens (tertiary/aromatic N) is 3. The van der Waals surface area contributed by atoms with E-state index in [1.165, 1.54) is 12.1 Å². The number of nitrogens with one attached hydrogen (secondary N) is 1. The van der Waals surface area contributed by atoms with E-state index in [1.807, 2.05) is 0 Å². The Labute approximate surface area is 124 Å². The molecule has 2 aromatic rings. The average Bonchev–Trinajstić information content (AvgIpc) is 2.40. The van der Waals surface area contributed by atoms with Crippen molar-refractivity contribution in [3.63, 3.8) is 0 Å². The van der Waals surface area contributed by atoms with Gasteiger partial charge in [-0.2, -0.15) is 23.7 Å². The molecule has 0 saturated heterocycles. The van der Waals surface area contributed by atoms with Crippen LogP contribution in [0.25, 0.3) is 0 Å². The van der Waals surface area contributed by atoms with Crippen molar-refractivity contribution in [2.24, 2.45) is 0 Å². The summed E-state index contributed by atoms with van der Waals surface area (Å²) in [6.45, 7) is -0.824. The van der Waals surface area contributed by atoms with Gasteiger partial charge < -0.3 is 14.8 Å². The molecule has 6 nitrogen and oxygen atoms in total. The number of alkyl halides is 2. The van der Waals surface area contributed by atoms with Crippen LogP contribution < -0.4 is 14.8 Å². The third-order valence-electron chi connectivity index (χ3n) is 2.21. The number of rotatable bonds is 6. The second-order valence-corrected chi connectivity index (χ2v) is 3.98. The van der Waals surface area contributed by atoms with E-state index >= 15 is 0 Å². The number of hydrogen-bond acceptors (Lipinski definition) is 6. The normalized spacial score (nSPS) is 10.5. The molecule has 1 aromatic heterocycles. The molecule has 9 heteroatoms.